The van der Waals surface area contributed by atoms with E-state index >= 15 is 0 Å². The second kappa shape index (κ2) is 6.44. The Balaban J connectivity index is 1.72. The maximum absolute atomic E-state index is 12.0. The van der Waals surface area contributed by atoms with E-state index in [2.05, 4.69) is 5.32 Å². The molecular formula is C16H28N2O4. The zero-order valence-corrected chi connectivity index (χ0v) is 14.1. The van der Waals surface area contributed by atoms with Gasteiger partial charge in [0.25, 0.3) is 0 Å². The molecule has 6 nitrogen and oxygen atoms in total. The van der Waals surface area contributed by atoms with Gasteiger partial charge in [-0.05, 0) is 53.4 Å². The Hall–Kier alpha value is -1.30. The van der Waals surface area contributed by atoms with Crippen molar-refractivity contribution in [1.82, 2.24) is 10.2 Å². The van der Waals surface area contributed by atoms with E-state index in [1.54, 1.807) is 4.90 Å². The van der Waals surface area contributed by atoms with Crippen molar-refractivity contribution in [3.05, 3.63) is 0 Å². The van der Waals surface area contributed by atoms with Crippen LogP contribution in [0.15, 0.2) is 0 Å². The molecule has 2 fully saturated rings. The lowest BCUT2D eigenvalue weighted by Crippen LogP contribution is -2.48. The highest BCUT2D eigenvalue weighted by Gasteiger charge is 2.35. The molecule has 1 aliphatic carbocycles. The molecule has 1 saturated heterocycles. The topological polar surface area (TPSA) is 67.9 Å². The first kappa shape index (κ1) is 17.1. The standard InChI is InChI=1S/C16H28N2O4/c1-15(2,3)22-14(20)18-9-7-16(4,8-10-18)21-11-13(19)17-12-5-6-12/h12H,5-11H2,1-4H3,(H,17,19). The molecule has 6 heteroatoms. The molecule has 0 bridgehead atoms. The van der Waals surface area contributed by atoms with E-state index in [-0.39, 0.29) is 24.2 Å². The summed E-state index contributed by atoms with van der Waals surface area (Å²) >= 11 is 0. The number of nitrogens with one attached hydrogen (secondary N) is 1. The summed E-state index contributed by atoms with van der Waals surface area (Å²) < 4.78 is 11.2. The lowest BCUT2D eigenvalue weighted by atomic mass is 9.93. The Kier molecular flexibility index (Phi) is 5.00. The molecule has 0 atom stereocenters. The third kappa shape index (κ3) is 5.48. The molecule has 0 aromatic heterocycles. The predicted molar refractivity (Wildman–Crippen MR) is 82.6 cm³/mol. The Bertz CT molecular complexity index is 418. The summed E-state index contributed by atoms with van der Waals surface area (Å²) in [5.74, 6) is -0.0432. The molecule has 22 heavy (non-hydrogen) atoms. The monoisotopic (exact) mass is 312 g/mol. The maximum atomic E-state index is 12.0. The Morgan fingerprint density at radius 1 is 1.23 bits per heavy atom. The molecule has 0 aromatic carbocycles. The second-order valence-corrected chi connectivity index (χ2v) is 7.55. The largest absolute Gasteiger partial charge is 0.444 e. The summed E-state index contributed by atoms with van der Waals surface area (Å²) in [7, 11) is 0. The van der Waals surface area contributed by atoms with Gasteiger partial charge in [-0.3, -0.25) is 4.79 Å². The van der Waals surface area contributed by atoms with Crippen LogP contribution in [-0.2, 0) is 14.3 Å². The number of carbonyl (C=O) groups excluding carboxylic acids is 2. The first-order valence-electron chi connectivity index (χ1n) is 8.08. The van der Waals surface area contributed by atoms with E-state index < -0.39 is 5.60 Å². The van der Waals surface area contributed by atoms with Gasteiger partial charge in [-0.25, -0.2) is 4.79 Å². The SMILES string of the molecule is CC(C)(C)OC(=O)N1CCC(C)(OCC(=O)NC2CC2)CC1. The van der Waals surface area contributed by atoms with Crippen LogP contribution in [-0.4, -0.2) is 53.8 Å². The van der Waals surface area contributed by atoms with Crippen LogP contribution >= 0.6 is 0 Å². The van der Waals surface area contributed by atoms with Gasteiger partial charge in [0.05, 0.1) is 5.60 Å². The van der Waals surface area contributed by atoms with Crippen molar-refractivity contribution in [1.29, 1.82) is 0 Å². The summed E-state index contributed by atoms with van der Waals surface area (Å²) in [6, 6.07) is 0.359. The summed E-state index contributed by atoms with van der Waals surface area (Å²) in [6.07, 6.45) is 3.30. The molecule has 1 N–H and O–H groups in total. The van der Waals surface area contributed by atoms with Crippen molar-refractivity contribution >= 4 is 12.0 Å². The number of piperidine rings is 1. The minimum absolute atomic E-state index is 0.0432. The Morgan fingerprint density at radius 2 is 1.82 bits per heavy atom. The number of nitrogens with zero attached hydrogens (tertiary/aromatic N) is 1. The highest BCUT2D eigenvalue weighted by atomic mass is 16.6. The second-order valence-electron chi connectivity index (χ2n) is 7.55. The molecule has 126 valence electrons. The van der Waals surface area contributed by atoms with E-state index in [9.17, 15) is 9.59 Å². The van der Waals surface area contributed by atoms with Gasteiger partial charge in [-0.2, -0.15) is 0 Å². The van der Waals surface area contributed by atoms with Crippen LogP contribution in [0, 0.1) is 0 Å². The zero-order chi connectivity index (χ0) is 16.4. The molecule has 2 rings (SSSR count). The average Bonchev–Trinajstić information content (AvgIpc) is 3.19. The summed E-state index contributed by atoms with van der Waals surface area (Å²) in [5, 5.41) is 2.91. The van der Waals surface area contributed by atoms with E-state index in [1.807, 2.05) is 27.7 Å². The number of hydrogen-bond donors (Lipinski definition) is 1. The minimum atomic E-state index is -0.477. The highest BCUT2D eigenvalue weighted by Crippen LogP contribution is 2.27. The quantitative estimate of drug-likeness (QED) is 0.863. The van der Waals surface area contributed by atoms with Crippen molar-refractivity contribution < 1.29 is 19.1 Å². The fourth-order valence-electron chi connectivity index (χ4n) is 2.37. The van der Waals surface area contributed by atoms with Crippen LogP contribution in [0.1, 0.15) is 53.4 Å². The van der Waals surface area contributed by atoms with E-state index in [0.29, 0.717) is 32.0 Å². The minimum Gasteiger partial charge on any atom is -0.444 e. The van der Waals surface area contributed by atoms with Crippen molar-refractivity contribution in [2.24, 2.45) is 0 Å². The van der Waals surface area contributed by atoms with Gasteiger partial charge in [-0.1, -0.05) is 0 Å². The van der Waals surface area contributed by atoms with Gasteiger partial charge in [0.15, 0.2) is 0 Å². The van der Waals surface area contributed by atoms with Crippen molar-refractivity contribution in [2.75, 3.05) is 19.7 Å². The van der Waals surface area contributed by atoms with Gasteiger partial charge >= 0.3 is 6.09 Å². The summed E-state index contributed by atoms with van der Waals surface area (Å²) in [6.45, 7) is 8.87. The molecule has 1 aliphatic heterocycles. The molecule has 2 aliphatic rings. The van der Waals surface area contributed by atoms with Crippen molar-refractivity contribution in [3.8, 4) is 0 Å². The normalized spacial score (nSPS) is 21.4. The average molecular weight is 312 g/mol. The third-order valence-corrected chi connectivity index (χ3v) is 3.97. The van der Waals surface area contributed by atoms with Crippen LogP contribution < -0.4 is 5.32 Å². The zero-order valence-electron chi connectivity index (χ0n) is 14.1. The molecule has 0 aromatic rings. The van der Waals surface area contributed by atoms with Crippen LogP contribution in [0.4, 0.5) is 4.79 Å². The van der Waals surface area contributed by atoms with E-state index in [4.69, 9.17) is 9.47 Å². The van der Waals surface area contributed by atoms with Gasteiger partial charge in [0.2, 0.25) is 5.91 Å². The number of carbonyl (C=O) groups is 2. The maximum Gasteiger partial charge on any atom is 0.410 e. The fourth-order valence-corrected chi connectivity index (χ4v) is 2.37. The lowest BCUT2D eigenvalue weighted by Gasteiger charge is -2.39. The first-order valence-corrected chi connectivity index (χ1v) is 8.08. The molecule has 0 spiro atoms. The smallest absolute Gasteiger partial charge is 0.410 e. The van der Waals surface area contributed by atoms with Crippen LogP contribution in [0.3, 0.4) is 0 Å². The Morgan fingerprint density at radius 3 is 2.32 bits per heavy atom. The fraction of sp³-hybridized carbons (Fsp3) is 0.875. The number of ether oxygens (including phenoxy) is 2. The van der Waals surface area contributed by atoms with Gasteiger partial charge in [-0.15, -0.1) is 0 Å². The molecule has 0 unspecified atom stereocenters. The molecule has 1 heterocycles. The number of amides is 2. The lowest BCUT2D eigenvalue weighted by molar-refractivity contribution is -0.136. The summed E-state index contributed by atoms with van der Waals surface area (Å²) in [5.41, 5.74) is -0.825. The predicted octanol–water partition coefficient (Wildman–Crippen LogP) is 2.07. The summed E-state index contributed by atoms with van der Waals surface area (Å²) in [4.78, 5) is 25.4. The van der Waals surface area contributed by atoms with Gasteiger partial charge < -0.3 is 19.7 Å². The van der Waals surface area contributed by atoms with E-state index in [0.717, 1.165) is 12.8 Å². The molecule has 2 amide bonds. The van der Waals surface area contributed by atoms with Crippen LogP contribution in [0.2, 0.25) is 0 Å². The van der Waals surface area contributed by atoms with Gasteiger partial charge in [0.1, 0.15) is 12.2 Å². The van der Waals surface area contributed by atoms with Crippen molar-refractivity contribution in [2.45, 2.75) is 70.6 Å². The highest BCUT2D eigenvalue weighted by molar-refractivity contribution is 5.77. The number of hydrogen-bond acceptors (Lipinski definition) is 4. The number of likely N-dealkylation sites (tertiary alicyclic amines) is 1. The van der Waals surface area contributed by atoms with Crippen LogP contribution in [0.5, 0.6) is 0 Å². The van der Waals surface area contributed by atoms with E-state index in [1.165, 1.54) is 0 Å². The van der Waals surface area contributed by atoms with Gasteiger partial charge in [0, 0.05) is 19.1 Å². The third-order valence-electron chi connectivity index (χ3n) is 3.97. The molecule has 0 radical (unpaired) electrons. The first-order chi connectivity index (χ1) is 10.2. The van der Waals surface area contributed by atoms with Crippen LogP contribution in [0.25, 0.3) is 0 Å². The van der Waals surface area contributed by atoms with Crippen molar-refractivity contribution in [3.63, 3.8) is 0 Å². The molecular weight excluding hydrogens is 284 g/mol. The molecule has 1 saturated carbocycles. The number of rotatable bonds is 4. The Labute approximate surface area is 132 Å².